The highest BCUT2D eigenvalue weighted by Gasteiger charge is 2.28. The summed E-state index contributed by atoms with van der Waals surface area (Å²) in [6.07, 6.45) is 5.39. The molecule has 2 rings (SSSR count). The molecule has 3 N–H and O–H groups in total. The molecule has 1 aliphatic rings. The van der Waals surface area contributed by atoms with Crippen LogP contribution in [0.2, 0.25) is 5.02 Å². The fraction of sp³-hybridized carbons (Fsp3) is 0.467. The van der Waals surface area contributed by atoms with Crippen LogP contribution in [0.4, 0.5) is 4.39 Å². The zero-order valence-corrected chi connectivity index (χ0v) is 13.1. The van der Waals surface area contributed by atoms with Crippen molar-refractivity contribution in [1.29, 1.82) is 0 Å². The third-order valence-corrected chi connectivity index (χ3v) is 4.55. The average Bonchev–Trinajstić information content (AvgIpc) is 2.48. The molecule has 6 heteroatoms. The monoisotopic (exact) mass is 328 g/mol. The molecule has 0 bridgehead atoms. The Labute approximate surface area is 134 Å². The van der Waals surface area contributed by atoms with E-state index in [1.807, 2.05) is 0 Å². The van der Waals surface area contributed by atoms with Crippen LogP contribution in [0, 0.1) is 11.7 Å². The smallest absolute Gasteiger partial charge is 0.253 e. The molecule has 0 radical (unpaired) electrons. The Kier molecular flexibility index (Phi) is 5.53. The van der Waals surface area contributed by atoms with E-state index in [1.54, 1.807) is 0 Å². The number of hydrogen-bond donors (Lipinski definition) is 2. The van der Waals surface area contributed by atoms with Gasteiger partial charge in [0.15, 0.2) is 0 Å². The quantitative estimate of drug-likeness (QED) is 0.832. The van der Waals surface area contributed by atoms with Crippen molar-refractivity contribution in [2.75, 3.05) is 0 Å². The van der Waals surface area contributed by atoms with Crippen molar-refractivity contribution in [2.24, 2.45) is 11.7 Å². The van der Waals surface area contributed by atoms with Crippen LogP contribution in [0.5, 0.6) is 0 Å². The molecule has 114 valence electrons. The van der Waals surface area contributed by atoms with Gasteiger partial charge in [0.2, 0.25) is 0 Å². The molecule has 1 fully saturated rings. The van der Waals surface area contributed by atoms with Crippen LogP contribution in [0.3, 0.4) is 0 Å². The number of hydrogen-bond acceptors (Lipinski definition) is 2. The van der Waals surface area contributed by atoms with Crippen LogP contribution in [0.25, 0.3) is 0 Å². The minimum atomic E-state index is -0.617. The fourth-order valence-electron chi connectivity index (χ4n) is 2.79. The van der Waals surface area contributed by atoms with Crippen LogP contribution < -0.4 is 11.1 Å². The number of carbonyl (C=O) groups is 1. The number of carbonyl (C=O) groups excluding carboxylic acids is 1. The molecular weight excluding hydrogens is 311 g/mol. The summed E-state index contributed by atoms with van der Waals surface area (Å²) < 4.78 is 13.4. The topological polar surface area (TPSA) is 55.1 Å². The van der Waals surface area contributed by atoms with Crippen molar-refractivity contribution in [3.05, 3.63) is 34.6 Å². The van der Waals surface area contributed by atoms with Gasteiger partial charge in [-0.25, -0.2) is 4.39 Å². The Hall–Kier alpha value is -1.20. The number of benzene rings is 1. The maximum atomic E-state index is 13.4. The van der Waals surface area contributed by atoms with E-state index >= 15 is 0 Å². The van der Waals surface area contributed by atoms with Gasteiger partial charge in [0.25, 0.3) is 5.91 Å². The predicted molar refractivity (Wildman–Crippen MR) is 86.0 cm³/mol. The van der Waals surface area contributed by atoms with E-state index in [0.29, 0.717) is 0 Å². The molecule has 0 heterocycles. The Balaban J connectivity index is 2.14. The van der Waals surface area contributed by atoms with Crippen LogP contribution in [0.1, 0.15) is 42.5 Å². The summed E-state index contributed by atoms with van der Waals surface area (Å²) in [5, 5.41) is 2.63. The first-order chi connectivity index (χ1) is 10.0. The first kappa shape index (κ1) is 16.2. The standard InChI is InChI=1S/C15H18ClFN2OS/c16-12-10(7-4-8-11(12)17)15(20)19-13(14(18)21)9-5-2-1-3-6-9/h4,7-9,13H,1-3,5-6H2,(H2,18,21)(H,19,20). The number of rotatable bonds is 4. The minimum Gasteiger partial charge on any atom is -0.392 e. The molecule has 1 aromatic rings. The third-order valence-electron chi connectivity index (χ3n) is 3.91. The first-order valence-corrected chi connectivity index (χ1v) is 7.83. The molecule has 0 aliphatic heterocycles. The minimum absolute atomic E-state index is 0.105. The van der Waals surface area contributed by atoms with Gasteiger partial charge in [0.1, 0.15) is 5.82 Å². The summed E-state index contributed by atoms with van der Waals surface area (Å²) in [5.74, 6) is -0.815. The van der Waals surface area contributed by atoms with Gasteiger partial charge < -0.3 is 11.1 Å². The Bertz CT molecular complexity index is 546. The lowest BCUT2D eigenvalue weighted by atomic mass is 9.83. The van der Waals surface area contributed by atoms with Crippen molar-refractivity contribution < 1.29 is 9.18 Å². The molecule has 1 aromatic carbocycles. The Morgan fingerprint density at radius 1 is 1.38 bits per heavy atom. The normalized spacial score (nSPS) is 17.2. The Morgan fingerprint density at radius 3 is 2.67 bits per heavy atom. The van der Waals surface area contributed by atoms with Gasteiger partial charge in [-0.05, 0) is 30.9 Å². The molecule has 1 aliphatic carbocycles. The first-order valence-electron chi connectivity index (χ1n) is 7.05. The number of amides is 1. The molecule has 21 heavy (non-hydrogen) atoms. The zero-order chi connectivity index (χ0) is 15.4. The van der Waals surface area contributed by atoms with Crippen LogP contribution in [0.15, 0.2) is 18.2 Å². The van der Waals surface area contributed by atoms with E-state index in [-0.39, 0.29) is 27.5 Å². The molecule has 1 saturated carbocycles. The van der Waals surface area contributed by atoms with E-state index in [0.717, 1.165) is 25.7 Å². The second-order valence-corrected chi connectivity index (χ2v) is 6.20. The van der Waals surface area contributed by atoms with Gasteiger partial charge in [-0.15, -0.1) is 0 Å². The van der Waals surface area contributed by atoms with Gasteiger partial charge in [-0.1, -0.05) is 49.1 Å². The highest BCUT2D eigenvalue weighted by Crippen LogP contribution is 2.27. The summed E-state index contributed by atoms with van der Waals surface area (Å²) in [5.41, 5.74) is 5.88. The molecular formula is C15H18ClFN2OS. The summed E-state index contributed by atoms with van der Waals surface area (Å²) >= 11 is 10.9. The van der Waals surface area contributed by atoms with E-state index < -0.39 is 11.7 Å². The van der Waals surface area contributed by atoms with Gasteiger partial charge in [-0.3, -0.25) is 4.79 Å². The Morgan fingerprint density at radius 2 is 2.05 bits per heavy atom. The van der Waals surface area contributed by atoms with Crippen molar-refractivity contribution in [3.8, 4) is 0 Å². The molecule has 1 amide bonds. The fourth-order valence-corrected chi connectivity index (χ4v) is 3.25. The molecule has 3 nitrogen and oxygen atoms in total. The summed E-state index contributed by atoms with van der Waals surface area (Å²) in [6.45, 7) is 0. The van der Waals surface area contributed by atoms with E-state index in [2.05, 4.69) is 5.32 Å². The molecule has 0 saturated heterocycles. The summed E-state index contributed by atoms with van der Waals surface area (Å²) in [4.78, 5) is 12.6. The number of nitrogens with one attached hydrogen (secondary N) is 1. The molecule has 1 atom stereocenters. The SMILES string of the molecule is NC(=S)C(NC(=O)c1cccc(F)c1Cl)C1CCCCC1. The van der Waals surface area contributed by atoms with E-state index in [4.69, 9.17) is 29.6 Å². The summed E-state index contributed by atoms with van der Waals surface area (Å²) in [6, 6.07) is 3.78. The lowest BCUT2D eigenvalue weighted by molar-refractivity contribution is 0.0931. The highest BCUT2D eigenvalue weighted by atomic mass is 35.5. The van der Waals surface area contributed by atoms with E-state index in [1.165, 1.54) is 24.6 Å². The maximum Gasteiger partial charge on any atom is 0.253 e. The molecule has 1 unspecified atom stereocenters. The van der Waals surface area contributed by atoms with Crippen molar-refractivity contribution in [2.45, 2.75) is 38.1 Å². The number of nitrogens with two attached hydrogens (primary N) is 1. The molecule has 0 aromatic heterocycles. The molecule has 0 spiro atoms. The van der Waals surface area contributed by atoms with Crippen molar-refractivity contribution in [1.82, 2.24) is 5.32 Å². The van der Waals surface area contributed by atoms with Crippen molar-refractivity contribution >= 4 is 34.7 Å². The van der Waals surface area contributed by atoms with Crippen LogP contribution in [-0.4, -0.2) is 16.9 Å². The number of halogens is 2. The average molecular weight is 329 g/mol. The van der Waals surface area contributed by atoms with Crippen LogP contribution in [-0.2, 0) is 0 Å². The number of thiocarbonyl (C=S) groups is 1. The summed E-state index contributed by atoms with van der Waals surface area (Å²) in [7, 11) is 0. The van der Waals surface area contributed by atoms with Gasteiger partial charge >= 0.3 is 0 Å². The predicted octanol–water partition coefficient (Wildman–Crippen LogP) is 3.44. The second-order valence-electron chi connectivity index (χ2n) is 5.35. The largest absolute Gasteiger partial charge is 0.392 e. The highest BCUT2D eigenvalue weighted by molar-refractivity contribution is 7.80. The van der Waals surface area contributed by atoms with Crippen molar-refractivity contribution in [3.63, 3.8) is 0 Å². The van der Waals surface area contributed by atoms with Crippen LogP contribution >= 0.6 is 23.8 Å². The lowest BCUT2D eigenvalue weighted by Gasteiger charge is -2.30. The van der Waals surface area contributed by atoms with Gasteiger partial charge in [0, 0.05) is 0 Å². The zero-order valence-electron chi connectivity index (χ0n) is 11.6. The van der Waals surface area contributed by atoms with Gasteiger partial charge in [-0.2, -0.15) is 0 Å². The second kappa shape index (κ2) is 7.18. The lowest BCUT2D eigenvalue weighted by Crippen LogP contribution is -2.48. The maximum absolute atomic E-state index is 13.4. The van der Waals surface area contributed by atoms with Gasteiger partial charge in [0.05, 0.1) is 21.6 Å². The van der Waals surface area contributed by atoms with E-state index in [9.17, 15) is 9.18 Å². The third kappa shape index (κ3) is 3.92.